The van der Waals surface area contributed by atoms with Crippen molar-refractivity contribution in [2.75, 3.05) is 0 Å². The second-order valence-corrected chi connectivity index (χ2v) is 5.66. The van der Waals surface area contributed by atoms with Gasteiger partial charge in [-0.1, -0.05) is 60.7 Å². The predicted molar refractivity (Wildman–Crippen MR) is 96.4 cm³/mol. The van der Waals surface area contributed by atoms with E-state index in [0.29, 0.717) is 5.39 Å². The summed E-state index contributed by atoms with van der Waals surface area (Å²) in [6.07, 6.45) is 0.973. The fourth-order valence-electron chi connectivity index (χ4n) is 2.41. The lowest BCUT2D eigenvalue weighted by atomic mass is 10.1. The van der Waals surface area contributed by atoms with Gasteiger partial charge >= 0.3 is 5.97 Å². The molecule has 0 aliphatic rings. The molecule has 0 saturated heterocycles. The molecule has 4 heteroatoms. The van der Waals surface area contributed by atoms with Gasteiger partial charge in [0.2, 0.25) is 0 Å². The van der Waals surface area contributed by atoms with E-state index in [-0.39, 0.29) is 17.4 Å². The Labute approximate surface area is 141 Å². The third-order valence-electron chi connectivity index (χ3n) is 3.53. The maximum Gasteiger partial charge on any atom is 0.339 e. The van der Waals surface area contributed by atoms with Crippen LogP contribution in [0.4, 0.5) is 0 Å². The molecule has 0 radical (unpaired) electrons. The Morgan fingerprint density at radius 2 is 1.62 bits per heavy atom. The molecule has 24 heavy (non-hydrogen) atoms. The van der Waals surface area contributed by atoms with Gasteiger partial charge in [-0.3, -0.25) is 0 Å². The Morgan fingerprint density at radius 1 is 1.00 bits per heavy atom. The number of rotatable bonds is 3. The van der Waals surface area contributed by atoms with Crippen LogP contribution < -0.4 is 5.73 Å². The number of carboxylic acid groups (broad SMARTS) is 1. The number of nitrogens with two attached hydrogens (primary N) is 1. The molecule has 3 aromatic carbocycles. The van der Waals surface area contributed by atoms with E-state index in [1.54, 1.807) is 18.2 Å². The quantitative estimate of drug-likeness (QED) is 0.684. The number of benzene rings is 3. The molecular weight excluding hydrogens is 302 g/mol. The lowest BCUT2D eigenvalue weighted by molar-refractivity contribution is 0.0694. The van der Waals surface area contributed by atoms with Crippen molar-refractivity contribution in [1.29, 1.82) is 0 Å². The van der Waals surface area contributed by atoms with Gasteiger partial charge in [-0.2, -0.15) is 0 Å². The number of hydrogen-bond donors (Lipinski definition) is 3. The first-order valence-electron chi connectivity index (χ1n) is 7.72. The molecule has 3 rings (SSSR count). The zero-order valence-electron chi connectivity index (χ0n) is 13.5. The summed E-state index contributed by atoms with van der Waals surface area (Å²) in [5.74, 6) is -1.29. The number of aromatic carboxylic acids is 1. The Hall–Kier alpha value is -2.85. The third kappa shape index (κ3) is 4.57. The molecule has 0 amide bonds. The number of carboxylic acids is 1. The van der Waals surface area contributed by atoms with E-state index in [1.165, 1.54) is 11.6 Å². The van der Waals surface area contributed by atoms with Gasteiger partial charge in [0.1, 0.15) is 11.3 Å². The molecule has 0 saturated carbocycles. The van der Waals surface area contributed by atoms with Crippen LogP contribution in [0.15, 0.2) is 66.7 Å². The fraction of sp³-hybridized carbons (Fsp3) is 0.150. The highest BCUT2D eigenvalue weighted by molar-refractivity contribution is 6.00. The Bertz CT molecular complexity index is 813. The van der Waals surface area contributed by atoms with Gasteiger partial charge in [0.25, 0.3) is 0 Å². The van der Waals surface area contributed by atoms with E-state index in [0.717, 1.165) is 11.8 Å². The maximum atomic E-state index is 10.7. The van der Waals surface area contributed by atoms with Crippen LogP contribution >= 0.6 is 0 Å². The summed E-state index contributed by atoms with van der Waals surface area (Å²) in [6.45, 7) is 2.02. The van der Waals surface area contributed by atoms with Crippen molar-refractivity contribution in [1.82, 2.24) is 0 Å². The van der Waals surface area contributed by atoms with Gasteiger partial charge in [0, 0.05) is 11.4 Å². The average molecular weight is 323 g/mol. The third-order valence-corrected chi connectivity index (χ3v) is 3.53. The lowest BCUT2D eigenvalue weighted by Crippen LogP contribution is -2.17. The van der Waals surface area contributed by atoms with E-state index in [2.05, 4.69) is 12.1 Å². The SMILES string of the molecule is C[C@H](N)Cc1ccccc1.O=C(O)c1ccc2ccccc2c1O. The number of hydrogen-bond acceptors (Lipinski definition) is 3. The van der Waals surface area contributed by atoms with E-state index < -0.39 is 5.97 Å². The fourth-order valence-corrected chi connectivity index (χ4v) is 2.41. The number of fused-ring (bicyclic) bond motifs is 1. The van der Waals surface area contributed by atoms with E-state index in [9.17, 15) is 9.90 Å². The van der Waals surface area contributed by atoms with E-state index in [4.69, 9.17) is 10.8 Å². The molecule has 0 spiro atoms. The standard InChI is InChI=1S/C11H8O3.C9H13N/c12-10-8-4-2-1-3-7(8)5-6-9(10)11(13)14;1-8(10)7-9-5-3-2-4-6-9/h1-6,12H,(H,13,14);2-6,8H,7,10H2,1H3/t;8-/m.0/s1. The Kier molecular flexibility index (Phi) is 5.93. The highest BCUT2D eigenvalue weighted by Crippen LogP contribution is 2.28. The molecule has 0 heterocycles. The van der Waals surface area contributed by atoms with Crippen LogP contribution in [0.5, 0.6) is 5.75 Å². The zero-order valence-corrected chi connectivity index (χ0v) is 13.5. The van der Waals surface area contributed by atoms with E-state index >= 15 is 0 Å². The zero-order chi connectivity index (χ0) is 17.5. The van der Waals surface area contributed by atoms with Crippen molar-refractivity contribution >= 4 is 16.7 Å². The normalized spacial score (nSPS) is 11.4. The average Bonchev–Trinajstić information content (AvgIpc) is 2.56. The van der Waals surface area contributed by atoms with Gasteiger partial charge < -0.3 is 15.9 Å². The highest BCUT2D eigenvalue weighted by atomic mass is 16.4. The molecule has 0 fully saturated rings. The minimum atomic E-state index is -1.12. The van der Waals surface area contributed by atoms with Crippen molar-refractivity contribution in [2.24, 2.45) is 5.73 Å². The van der Waals surface area contributed by atoms with Crippen molar-refractivity contribution in [3.63, 3.8) is 0 Å². The predicted octanol–water partition coefficient (Wildman–Crippen LogP) is 3.82. The van der Waals surface area contributed by atoms with Gasteiger partial charge in [-0.15, -0.1) is 0 Å². The summed E-state index contributed by atoms with van der Waals surface area (Å²) in [4.78, 5) is 10.7. The minimum Gasteiger partial charge on any atom is -0.506 e. The van der Waals surface area contributed by atoms with Crippen LogP contribution in [0.25, 0.3) is 10.8 Å². The number of carbonyl (C=O) groups is 1. The van der Waals surface area contributed by atoms with Crippen molar-refractivity contribution in [3.05, 3.63) is 77.9 Å². The number of phenols is 1. The topological polar surface area (TPSA) is 83.6 Å². The maximum absolute atomic E-state index is 10.7. The molecule has 0 aromatic heterocycles. The molecule has 4 N–H and O–H groups in total. The first kappa shape index (κ1) is 17.5. The lowest BCUT2D eigenvalue weighted by Gasteiger charge is -2.03. The Balaban J connectivity index is 0.000000185. The molecule has 3 aromatic rings. The largest absolute Gasteiger partial charge is 0.506 e. The summed E-state index contributed by atoms with van der Waals surface area (Å²) in [6, 6.07) is 20.8. The molecule has 124 valence electrons. The van der Waals surface area contributed by atoms with Crippen molar-refractivity contribution < 1.29 is 15.0 Å². The van der Waals surface area contributed by atoms with Crippen LogP contribution in [-0.4, -0.2) is 22.2 Å². The molecular formula is C20H21NO3. The summed E-state index contributed by atoms with van der Waals surface area (Å²) in [7, 11) is 0. The summed E-state index contributed by atoms with van der Waals surface area (Å²) >= 11 is 0. The Morgan fingerprint density at radius 3 is 2.25 bits per heavy atom. The summed E-state index contributed by atoms with van der Waals surface area (Å²) < 4.78 is 0. The van der Waals surface area contributed by atoms with E-state index in [1.807, 2.05) is 37.3 Å². The first-order chi connectivity index (χ1) is 11.5. The van der Waals surface area contributed by atoms with Crippen LogP contribution in [0.2, 0.25) is 0 Å². The molecule has 0 unspecified atom stereocenters. The van der Waals surface area contributed by atoms with Crippen LogP contribution in [-0.2, 0) is 6.42 Å². The van der Waals surface area contributed by atoms with Gasteiger partial charge in [0.15, 0.2) is 0 Å². The van der Waals surface area contributed by atoms with Crippen molar-refractivity contribution in [2.45, 2.75) is 19.4 Å². The molecule has 1 atom stereocenters. The van der Waals surface area contributed by atoms with Crippen LogP contribution in [0, 0.1) is 0 Å². The monoisotopic (exact) mass is 323 g/mol. The van der Waals surface area contributed by atoms with Gasteiger partial charge in [-0.25, -0.2) is 4.79 Å². The number of aromatic hydroxyl groups is 1. The van der Waals surface area contributed by atoms with Gasteiger partial charge in [0.05, 0.1) is 0 Å². The molecule has 0 bridgehead atoms. The smallest absolute Gasteiger partial charge is 0.339 e. The summed E-state index contributed by atoms with van der Waals surface area (Å²) in [5.41, 5.74) is 6.88. The van der Waals surface area contributed by atoms with Crippen LogP contribution in [0.3, 0.4) is 0 Å². The van der Waals surface area contributed by atoms with Crippen LogP contribution in [0.1, 0.15) is 22.8 Å². The van der Waals surface area contributed by atoms with Gasteiger partial charge in [-0.05, 0) is 30.4 Å². The molecule has 0 aliphatic heterocycles. The second-order valence-electron chi connectivity index (χ2n) is 5.66. The molecule has 0 aliphatic carbocycles. The highest BCUT2D eigenvalue weighted by Gasteiger charge is 2.11. The van der Waals surface area contributed by atoms with Crippen molar-refractivity contribution in [3.8, 4) is 5.75 Å². The summed E-state index contributed by atoms with van der Waals surface area (Å²) in [5, 5.41) is 19.8. The minimum absolute atomic E-state index is 0.0660. The molecule has 4 nitrogen and oxygen atoms in total. The second kappa shape index (κ2) is 8.13. The first-order valence-corrected chi connectivity index (χ1v) is 7.72.